The summed E-state index contributed by atoms with van der Waals surface area (Å²) in [6.07, 6.45) is 2.11. The van der Waals surface area contributed by atoms with Crippen molar-refractivity contribution >= 4 is 6.09 Å². The van der Waals surface area contributed by atoms with Gasteiger partial charge in [0.15, 0.2) is 0 Å². The number of likely N-dealkylation sites (N-methyl/N-ethyl adjacent to an activating group) is 1. The number of ether oxygens (including phenoxy) is 1. The number of rotatable bonds is 6. The topological polar surface area (TPSA) is 48.0 Å². The highest BCUT2D eigenvalue weighted by Gasteiger charge is 2.29. The molecule has 2 rings (SSSR count). The lowest BCUT2D eigenvalue weighted by Gasteiger charge is -2.32. The van der Waals surface area contributed by atoms with Crippen LogP contribution in [0, 0.1) is 5.92 Å². The number of nitrogens with zero attached hydrogens (tertiary/aromatic N) is 3. The van der Waals surface area contributed by atoms with Crippen LogP contribution in [0.5, 0.6) is 0 Å². The largest absolute Gasteiger partial charge is 0.444 e. The van der Waals surface area contributed by atoms with Gasteiger partial charge in [0.2, 0.25) is 0 Å². The highest BCUT2D eigenvalue weighted by Crippen LogP contribution is 2.18. The van der Waals surface area contributed by atoms with E-state index in [1.807, 2.05) is 25.7 Å². The maximum Gasteiger partial charge on any atom is 0.410 e. The smallest absolute Gasteiger partial charge is 0.410 e. The lowest BCUT2D eigenvalue weighted by atomic mass is 10.1. The van der Waals surface area contributed by atoms with E-state index in [4.69, 9.17) is 4.74 Å². The van der Waals surface area contributed by atoms with Crippen molar-refractivity contribution in [2.75, 3.05) is 66.0 Å². The average molecular weight is 341 g/mol. The number of hydrogen-bond donors (Lipinski definition) is 1. The third kappa shape index (κ3) is 6.95. The maximum absolute atomic E-state index is 12.1. The minimum Gasteiger partial charge on any atom is -0.444 e. The fourth-order valence-electron chi connectivity index (χ4n) is 3.30. The first-order valence-corrected chi connectivity index (χ1v) is 9.43. The molecule has 0 unspecified atom stereocenters. The van der Waals surface area contributed by atoms with Gasteiger partial charge in [-0.3, -0.25) is 0 Å². The molecule has 2 fully saturated rings. The first-order chi connectivity index (χ1) is 11.3. The van der Waals surface area contributed by atoms with Crippen LogP contribution in [-0.4, -0.2) is 92.3 Å². The van der Waals surface area contributed by atoms with E-state index in [1.165, 1.54) is 39.1 Å². The molecule has 1 N–H and O–H groups in total. The molecule has 140 valence electrons. The number of piperazine rings is 1. The summed E-state index contributed by atoms with van der Waals surface area (Å²) in [4.78, 5) is 18.9. The third-order valence-electron chi connectivity index (χ3n) is 4.79. The molecule has 0 aromatic rings. The van der Waals surface area contributed by atoms with Gasteiger partial charge in [-0.25, -0.2) is 4.79 Å². The second-order valence-electron chi connectivity index (χ2n) is 8.28. The normalized spacial score (nSPS) is 23.7. The van der Waals surface area contributed by atoms with Gasteiger partial charge in [0, 0.05) is 39.3 Å². The van der Waals surface area contributed by atoms with E-state index in [-0.39, 0.29) is 6.09 Å². The van der Waals surface area contributed by atoms with Gasteiger partial charge < -0.3 is 24.8 Å². The maximum atomic E-state index is 12.1. The van der Waals surface area contributed by atoms with Crippen molar-refractivity contribution in [1.29, 1.82) is 0 Å². The molecule has 6 nitrogen and oxygen atoms in total. The van der Waals surface area contributed by atoms with Crippen molar-refractivity contribution < 1.29 is 9.53 Å². The van der Waals surface area contributed by atoms with Crippen LogP contribution in [0.25, 0.3) is 0 Å². The van der Waals surface area contributed by atoms with Gasteiger partial charge in [-0.05, 0) is 66.2 Å². The summed E-state index contributed by atoms with van der Waals surface area (Å²) in [7, 11) is 2.20. The average Bonchev–Trinajstić information content (AvgIpc) is 2.96. The van der Waals surface area contributed by atoms with Crippen molar-refractivity contribution in [2.45, 2.75) is 39.2 Å². The summed E-state index contributed by atoms with van der Waals surface area (Å²) in [5.74, 6) is 0.557. The van der Waals surface area contributed by atoms with Crippen molar-refractivity contribution in [3.05, 3.63) is 0 Å². The standard InChI is InChI=1S/C18H36N4O2/c1-18(2,3)24-17(23)22-9-6-16(15-22)14-19-7-5-8-21-12-10-20(4)11-13-21/h16,19H,5-15H2,1-4H3/t16-/m0/s1. The Morgan fingerprint density at radius 3 is 2.54 bits per heavy atom. The highest BCUT2D eigenvalue weighted by molar-refractivity contribution is 5.68. The zero-order valence-corrected chi connectivity index (χ0v) is 16.0. The Hall–Kier alpha value is -0.850. The van der Waals surface area contributed by atoms with Crippen molar-refractivity contribution in [3.8, 4) is 0 Å². The number of nitrogens with one attached hydrogen (secondary N) is 1. The third-order valence-corrected chi connectivity index (χ3v) is 4.79. The summed E-state index contributed by atoms with van der Waals surface area (Å²) in [6, 6.07) is 0. The minimum absolute atomic E-state index is 0.167. The Bertz CT molecular complexity index is 389. The van der Waals surface area contributed by atoms with Gasteiger partial charge in [0.05, 0.1) is 0 Å². The second-order valence-corrected chi connectivity index (χ2v) is 8.28. The molecule has 2 heterocycles. The number of hydrogen-bond acceptors (Lipinski definition) is 5. The fraction of sp³-hybridized carbons (Fsp3) is 0.944. The summed E-state index contributed by atoms with van der Waals surface area (Å²) in [5.41, 5.74) is -0.406. The summed E-state index contributed by atoms with van der Waals surface area (Å²) in [6.45, 7) is 15.4. The Morgan fingerprint density at radius 2 is 1.88 bits per heavy atom. The molecule has 0 radical (unpaired) electrons. The van der Waals surface area contributed by atoms with Crippen LogP contribution in [0.3, 0.4) is 0 Å². The predicted molar refractivity (Wildman–Crippen MR) is 97.3 cm³/mol. The first-order valence-electron chi connectivity index (χ1n) is 9.43. The van der Waals surface area contributed by atoms with Gasteiger partial charge in [-0.15, -0.1) is 0 Å². The molecular weight excluding hydrogens is 304 g/mol. The van der Waals surface area contributed by atoms with Gasteiger partial charge >= 0.3 is 6.09 Å². The van der Waals surface area contributed by atoms with Gasteiger partial charge in [-0.2, -0.15) is 0 Å². The molecule has 2 saturated heterocycles. The fourth-order valence-corrected chi connectivity index (χ4v) is 3.30. The monoisotopic (exact) mass is 340 g/mol. The van der Waals surface area contributed by atoms with E-state index < -0.39 is 5.60 Å². The van der Waals surface area contributed by atoms with Gasteiger partial charge in [0.25, 0.3) is 0 Å². The van der Waals surface area contributed by atoms with Crippen LogP contribution in [0.15, 0.2) is 0 Å². The number of carbonyl (C=O) groups is 1. The molecule has 2 aliphatic rings. The molecule has 0 spiro atoms. The number of carbonyl (C=O) groups excluding carboxylic acids is 1. The molecule has 0 bridgehead atoms. The van der Waals surface area contributed by atoms with Crippen LogP contribution in [0.1, 0.15) is 33.6 Å². The van der Waals surface area contributed by atoms with Crippen molar-refractivity contribution in [1.82, 2.24) is 20.0 Å². The van der Waals surface area contributed by atoms with E-state index in [9.17, 15) is 4.79 Å². The molecule has 0 aromatic carbocycles. The van der Waals surface area contributed by atoms with E-state index in [0.717, 1.165) is 32.6 Å². The molecule has 0 aromatic heterocycles. The molecule has 6 heteroatoms. The molecular formula is C18H36N4O2. The molecule has 1 atom stereocenters. The first kappa shape index (κ1) is 19.5. The minimum atomic E-state index is -0.406. The van der Waals surface area contributed by atoms with E-state index >= 15 is 0 Å². The van der Waals surface area contributed by atoms with E-state index in [2.05, 4.69) is 22.2 Å². The number of likely N-dealkylation sites (tertiary alicyclic amines) is 1. The van der Waals surface area contributed by atoms with Crippen LogP contribution in [0.4, 0.5) is 4.79 Å². The molecule has 2 aliphatic heterocycles. The highest BCUT2D eigenvalue weighted by atomic mass is 16.6. The van der Waals surface area contributed by atoms with Crippen molar-refractivity contribution in [2.24, 2.45) is 5.92 Å². The zero-order valence-electron chi connectivity index (χ0n) is 16.0. The van der Waals surface area contributed by atoms with Crippen LogP contribution >= 0.6 is 0 Å². The SMILES string of the molecule is CN1CCN(CCCNC[C@@H]2CCN(C(=O)OC(C)(C)C)C2)CC1. The number of amides is 1. The molecule has 0 saturated carbocycles. The van der Waals surface area contributed by atoms with Gasteiger partial charge in [0.1, 0.15) is 5.60 Å². The van der Waals surface area contributed by atoms with Crippen LogP contribution in [-0.2, 0) is 4.74 Å². The Morgan fingerprint density at radius 1 is 1.17 bits per heavy atom. The quantitative estimate of drug-likeness (QED) is 0.742. The Balaban J connectivity index is 1.52. The summed E-state index contributed by atoms with van der Waals surface area (Å²) >= 11 is 0. The van der Waals surface area contributed by atoms with Gasteiger partial charge in [-0.1, -0.05) is 0 Å². The van der Waals surface area contributed by atoms with Crippen LogP contribution in [0.2, 0.25) is 0 Å². The van der Waals surface area contributed by atoms with E-state index in [0.29, 0.717) is 5.92 Å². The van der Waals surface area contributed by atoms with Crippen LogP contribution < -0.4 is 5.32 Å². The lowest BCUT2D eigenvalue weighted by Crippen LogP contribution is -2.45. The van der Waals surface area contributed by atoms with Crippen molar-refractivity contribution in [3.63, 3.8) is 0 Å². The summed E-state index contributed by atoms with van der Waals surface area (Å²) in [5, 5.41) is 3.57. The molecule has 1 amide bonds. The van der Waals surface area contributed by atoms with E-state index in [1.54, 1.807) is 0 Å². The second kappa shape index (κ2) is 9.02. The predicted octanol–water partition coefficient (Wildman–Crippen LogP) is 1.47. The Labute approximate surface area is 147 Å². The summed E-state index contributed by atoms with van der Waals surface area (Å²) < 4.78 is 5.45. The molecule has 24 heavy (non-hydrogen) atoms. The lowest BCUT2D eigenvalue weighted by molar-refractivity contribution is 0.0288. The Kier molecular flexibility index (Phi) is 7.32. The zero-order chi connectivity index (χ0) is 17.6. The molecule has 0 aliphatic carbocycles.